The van der Waals surface area contributed by atoms with Crippen molar-refractivity contribution in [1.29, 1.82) is 0 Å². The molecule has 0 aromatic heterocycles. The van der Waals surface area contributed by atoms with Gasteiger partial charge in [0, 0.05) is 19.2 Å². The number of carbonyl (C=O) groups is 1. The minimum atomic E-state index is -0.406. The zero-order chi connectivity index (χ0) is 11.4. The Morgan fingerprint density at radius 1 is 1.60 bits per heavy atom. The molecule has 0 unspecified atom stereocenters. The number of likely N-dealkylation sites (N-methyl/N-ethyl adjacent to an activating group) is 1. The summed E-state index contributed by atoms with van der Waals surface area (Å²) in [6.07, 6.45) is 0. The van der Waals surface area contributed by atoms with E-state index in [0.29, 0.717) is 5.56 Å². The molecule has 15 heavy (non-hydrogen) atoms. The topological polar surface area (TPSA) is 40.5 Å². The van der Waals surface area contributed by atoms with Gasteiger partial charge in [0.15, 0.2) is 0 Å². The third kappa shape index (κ3) is 3.00. The maximum Gasteiger partial charge on any atom is 0.253 e. The number of carbonyl (C=O) groups excluding carboxylic acids is 1. The molecular weight excluding hydrogens is 265 g/mol. The Balaban J connectivity index is 2.87. The maximum absolute atomic E-state index is 12.9. The second-order valence-electron chi connectivity index (χ2n) is 3.08. The predicted octanol–water partition coefficient (Wildman–Crippen LogP) is 1.65. The Morgan fingerprint density at radius 3 is 2.80 bits per heavy atom. The fourth-order valence-electron chi connectivity index (χ4n) is 1.10. The predicted molar refractivity (Wildman–Crippen MR) is 58.1 cm³/mol. The lowest BCUT2D eigenvalue weighted by Gasteiger charge is -2.15. The summed E-state index contributed by atoms with van der Waals surface area (Å²) in [6.45, 7) is 0.165. The lowest BCUT2D eigenvalue weighted by atomic mass is 10.2. The van der Waals surface area contributed by atoms with Gasteiger partial charge in [0.05, 0.1) is 11.1 Å². The summed E-state index contributed by atoms with van der Waals surface area (Å²) in [7, 11) is 1.58. The largest absolute Gasteiger partial charge is 0.395 e. The normalized spacial score (nSPS) is 10.1. The van der Waals surface area contributed by atoms with Crippen LogP contribution in [0.4, 0.5) is 4.39 Å². The first-order valence-corrected chi connectivity index (χ1v) is 5.17. The number of hydrogen-bond donors (Lipinski definition) is 1. The average Bonchev–Trinajstić information content (AvgIpc) is 2.21. The van der Waals surface area contributed by atoms with E-state index in [9.17, 15) is 9.18 Å². The van der Waals surface area contributed by atoms with Gasteiger partial charge in [-0.25, -0.2) is 4.39 Å². The zero-order valence-electron chi connectivity index (χ0n) is 8.20. The van der Waals surface area contributed by atoms with Gasteiger partial charge in [-0.3, -0.25) is 4.79 Å². The van der Waals surface area contributed by atoms with Crippen LogP contribution in [-0.4, -0.2) is 36.1 Å². The average molecular weight is 276 g/mol. The summed E-state index contributed by atoms with van der Waals surface area (Å²) in [5.74, 6) is -0.652. The van der Waals surface area contributed by atoms with Crippen LogP contribution in [-0.2, 0) is 0 Å². The van der Waals surface area contributed by atoms with Crippen molar-refractivity contribution in [3.8, 4) is 0 Å². The van der Waals surface area contributed by atoms with E-state index in [1.165, 1.54) is 23.1 Å². The number of hydrogen-bond acceptors (Lipinski definition) is 2. The van der Waals surface area contributed by atoms with Crippen LogP contribution in [0.25, 0.3) is 0 Å². The zero-order valence-corrected chi connectivity index (χ0v) is 9.79. The fraction of sp³-hybridized carbons (Fsp3) is 0.300. The molecular formula is C10H11BrFNO2. The summed E-state index contributed by atoms with van der Waals surface area (Å²) < 4.78 is 13.2. The van der Waals surface area contributed by atoms with Gasteiger partial charge < -0.3 is 10.0 Å². The molecule has 3 nitrogen and oxygen atoms in total. The van der Waals surface area contributed by atoms with Crippen molar-refractivity contribution in [2.24, 2.45) is 0 Å². The second-order valence-corrected chi connectivity index (χ2v) is 3.93. The van der Waals surface area contributed by atoms with E-state index in [1.54, 1.807) is 7.05 Å². The van der Waals surface area contributed by atoms with Crippen molar-refractivity contribution in [3.63, 3.8) is 0 Å². The molecule has 0 fully saturated rings. The van der Waals surface area contributed by atoms with E-state index >= 15 is 0 Å². The highest BCUT2D eigenvalue weighted by Gasteiger charge is 2.12. The summed E-state index contributed by atoms with van der Waals surface area (Å²) >= 11 is 3.01. The molecule has 1 amide bonds. The van der Waals surface area contributed by atoms with Crippen molar-refractivity contribution in [3.05, 3.63) is 34.1 Å². The molecule has 82 valence electrons. The molecule has 0 bridgehead atoms. The van der Waals surface area contributed by atoms with Crippen molar-refractivity contribution in [2.45, 2.75) is 0 Å². The summed E-state index contributed by atoms with van der Waals surface area (Å²) in [5.41, 5.74) is 0.388. The Morgan fingerprint density at radius 2 is 2.27 bits per heavy atom. The summed E-state index contributed by atoms with van der Waals surface area (Å²) in [4.78, 5) is 13.0. The molecule has 0 atom stereocenters. The number of nitrogens with zero attached hydrogens (tertiary/aromatic N) is 1. The highest BCUT2D eigenvalue weighted by Crippen LogP contribution is 2.17. The number of amides is 1. The van der Waals surface area contributed by atoms with Crippen LogP contribution in [0.15, 0.2) is 22.7 Å². The van der Waals surface area contributed by atoms with Crippen LogP contribution >= 0.6 is 15.9 Å². The molecule has 0 aliphatic rings. The molecule has 0 saturated heterocycles. The Bertz CT molecular complexity index is 370. The van der Waals surface area contributed by atoms with Crippen LogP contribution in [0.1, 0.15) is 10.4 Å². The SMILES string of the molecule is CN(CCO)C(=O)c1ccc(F)c(Br)c1. The summed E-state index contributed by atoms with van der Waals surface area (Å²) in [6, 6.07) is 4.06. The molecule has 0 spiro atoms. The molecule has 0 aliphatic heterocycles. The molecule has 0 aliphatic carbocycles. The van der Waals surface area contributed by atoms with Crippen LogP contribution in [0.2, 0.25) is 0 Å². The number of halogens is 2. The highest BCUT2D eigenvalue weighted by molar-refractivity contribution is 9.10. The summed E-state index contributed by atoms with van der Waals surface area (Å²) in [5, 5.41) is 8.67. The molecule has 1 N–H and O–H groups in total. The lowest BCUT2D eigenvalue weighted by Crippen LogP contribution is -2.29. The molecule has 1 aromatic rings. The Labute approximate surface area is 95.6 Å². The number of aliphatic hydroxyl groups excluding tert-OH is 1. The van der Waals surface area contributed by atoms with E-state index < -0.39 is 5.82 Å². The van der Waals surface area contributed by atoms with Gasteiger partial charge in [0.1, 0.15) is 5.82 Å². The van der Waals surface area contributed by atoms with E-state index in [1.807, 2.05) is 0 Å². The quantitative estimate of drug-likeness (QED) is 0.912. The van der Waals surface area contributed by atoms with E-state index in [-0.39, 0.29) is 23.5 Å². The molecule has 1 aromatic carbocycles. The van der Waals surface area contributed by atoms with Crippen molar-refractivity contribution in [2.75, 3.05) is 20.2 Å². The Hall–Kier alpha value is -0.940. The van der Waals surface area contributed by atoms with Gasteiger partial charge in [-0.05, 0) is 34.1 Å². The molecule has 0 radical (unpaired) electrons. The standard InChI is InChI=1S/C10H11BrFNO2/c1-13(4-5-14)10(15)7-2-3-9(12)8(11)6-7/h2-3,6,14H,4-5H2,1H3. The minimum Gasteiger partial charge on any atom is -0.395 e. The molecule has 0 saturated carbocycles. The molecule has 5 heteroatoms. The molecule has 0 heterocycles. The van der Waals surface area contributed by atoms with Gasteiger partial charge in [0.25, 0.3) is 5.91 Å². The van der Waals surface area contributed by atoms with Gasteiger partial charge in [0.2, 0.25) is 0 Å². The van der Waals surface area contributed by atoms with Gasteiger partial charge in [-0.1, -0.05) is 0 Å². The lowest BCUT2D eigenvalue weighted by molar-refractivity contribution is 0.0767. The van der Waals surface area contributed by atoms with Crippen LogP contribution in [0, 0.1) is 5.82 Å². The number of rotatable bonds is 3. The van der Waals surface area contributed by atoms with Crippen LogP contribution in [0.3, 0.4) is 0 Å². The van der Waals surface area contributed by atoms with Gasteiger partial charge >= 0.3 is 0 Å². The Kier molecular flexibility index (Phi) is 4.23. The second kappa shape index (κ2) is 5.23. The maximum atomic E-state index is 12.9. The highest BCUT2D eigenvalue weighted by atomic mass is 79.9. The first-order chi connectivity index (χ1) is 7.06. The smallest absolute Gasteiger partial charge is 0.253 e. The first-order valence-electron chi connectivity index (χ1n) is 4.37. The van der Waals surface area contributed by atoms with E-state index in [2.05, 4.69) is 15.9 Å². The van der Waals surface area contributed by atoms with Crippen molar-refractivity contribution in [1.82, 2.24) is 4.90 Å². The molecule has 1 rings (SSSR count). The van der Waals surface area contributed by atoms with Crippen LogP contribution < -0.4 is 0 Å². The fourth-order valence-corrected chi connectivity index (χ4v) is 1.48. The van der Waals surface area contributed by atoms with Gasteiger partial charge in [-0.2, -0.15) is 0 Å². The first kappa shape index (κ1) is 12.1. The third-order valence-electron chi connectivity index (χ3n) is 1.95. The van der Waals surface area contributed by atoms with Gasteiger partial charge in [-0.15, -0.1) is 0 Å². The van der Waals surface area contributed by atoms with Crippen molar-refractivity contribution < 1.29 is 14.3 Å². The number of benzene rings is 1. The van der Waals surface area contributed by atoms with E-state index in [0.717, 1.165) is 0 Å². The van der Waals surface area contributed by atoms with E-state index in [4.69, 9.17) is 5.11 Å². The monoisotopic (exact) mass is 275 g/mol. The van der Waals surface area contributed by atoms with Crippen LogP contribution in [0.5, 0.6) is 0 Å². The third-order valence-corrected chi connectivity index (χ3v) is 2.56. The van der Waals surface area contributed by atoms with Crippen molar-refractivity contribution >= 4 is 21.8 Å². The number of aliphatic hydroxyl groups is 1. The minimum absolute atomic E-state index is 0.0927.